The van der Waals surface area contributed by atoms with E-state index in [1.807, 2.05) is 0 Å². The van der Waals surface area contributed by atoms with E-state index in [4.69, 9.17) is 14.6 Å². The maximum atomic E-state index is 11.0. The molecule has 106 valence electrons. The molecule has 0 bridgehead atoms. The van der Waals surface area contributed by atoms with Crippen LogP contribution in [-0.2, 0) is 4.74 Å². The number of rotatable bonds is 8. The molecule has 0 fully saturated rings. The third-order valence-electron chi connectivity index (χ3n) is 3.36. The molecule has 0 aromatic heterocycles. The molecule has 0 amide bonds. The molecule has 0 aliphatic carbocycles. The quantitative estimate of drug-likeness (QED) is 0.785. The first-order chi connectivity index (χ1) is 9.10. The molecule has 0 radical (unpaired) electrons. The van der Waals surface area contributed by atoms with Crippen molar-refractivity contribution in [3.8, 4) is 5.75 Å². The lowest BCUT2D eigenvalue weighted by Crippen LogP contribution is -2.22. The number of benzene rings is 1. The van der Waals surface area contributed by atoms with Crippen LogP contribution in [0.15, 0.2) is 24.3 Å². The number of carboxylic acids is 1. The first kappa shape index (κ1) is 15.5. The van der Waals surface area contributed by atoms with Gasteiger partial charge in [-0.25, -0.2) is 4.79 Å². The van der Waals surface area contributed by atoms with Crippen molar-refractivity contribution in [2.24, 2.45) is 5.92 Å². The summed E-state index contributed by atoms with van der Waals surface area (Å²) in [4.78, 5) is 11.0. The Morgan fingerprint density at radius 3 is 2.63 bits per heavy atom. The zero-order chi connectivity index (χ0) is 14.3. The molecular formula is C15H22O4. The van der Waals surface area contributed by atoms with Gasteiger partial charge in [0, 0.05) is 13.5 Å². The van der Waals surface area contributed by atoms with Crippen molar-refractivity contribution in [3.05, 3.63) is 29.8 Å². The fraction of sp³-hybridized carbons (Fsp3) is 0.533. The van der Waals surface area contributed by atoms with Crippen LogP contribution in [0.5, 0.6) is 5.75 Å². The van der Waals surface area contributed by atoms with Crippen LogP contribution in [0.4, 0.5) is 0 Å². The normalized spacial score (nSPS) is 13.8. The van der Waals surface area contributed by atoms with Crippen molar-refractivity contribution in [3.63, 3.8) is 0 Å². The molecule has 1 rings (SSSR count). The second-order valence-corrected chi connectivity index (χ2v) is 4.60. The average Bonchev–Trinajstić information content (AvgIpc) is 2.43. The Morgan fingerprint density at radius 1 is 1.37 bits per heavy atom. The number of hydrogen-bond acceptors (Lipinski definition) is 3. The minimum Gasteiger partial charge on any atom is -0.493 e. The highest BCUT2D eigenvalue weighted by Gasteiger charge is 2.16. The van der Waals surface area contributed by atoms with Crippen LogP contribution in [0.25, 0.3) is 0 Å². The molecule has 19 heavy (non-hydrogen) atoms. The molecule has 2 unspecified atom stereocenters. The van der Waals surface area contributed by atoms with Gasteiger partial charge in [-0.2, -0.15) is 0 Å². The molecule has 1 N–H and O–H groups in total. The van der Waals surface area contributed by atoms with Crippen molar-refractivity contribution in [2.45, 2.75) is 32.8 Å². The Kier molecular flexibility index (Phi) is 6.36. The van der Waals surface area contributed by atoms with E-state index in [1.54, 1.807) is 31.4 Å². The minimum atomic E-state index is -0.971. The van der Waals surface area contributed by atoms with Gasteiger partial charge in [-0.05, 0) is 18.1 Å². The van der Waals surface area contributed by atoms with Gasteiger partial charge in [-0.15, -0.1) is 0 Å². The summed E-state index contributed by atoms with van der Waals surface area (Å²) >= 11 is 0. The number of ether oxygens (including phenoxy) is 2. The van der Waals surface area contributed by atoms with E-state index in [0.29, 0.717) is 18.3 Å². The van der Waals surface area contributed by atoms with Crippen LogP contribution in [0.2, 0.25) is 0 Å². The van der Waals surface area contributed by atoms with Gasteiger partial charge in [0.15, 0.2) is 0 Å². The first-order valence-corrected chi connectivity index (χ1v) is 6.58. The summed E-state index contributed by atoms with van der Waals surface area (Å²) in [5, 5.41) is 9.04. The van der Waals surface area contributed by atoms with Gasteiger partial charge in [-0.1, -0.05) is 32.4 Å². The van der Waals surface area contributed by atoms with Crippen LogP contribution in [0.3, 0.4) is 0 Å². The summed E-state index contributed by atoms with van der Waals surface area (Å²) in [6.07, 6.45) is 1.94. The fourth-order valence-electron chi connectivity index (χ4n) is 1.95. The maximum absolute atomic E-state index is 11.0. The minimum absolute atomic E-state index is 0.141. The molecule has 0 aliphatic heterocycles. The summed E-state index contributed by atoms with van der Waals surface area (Å²) in [5.74, 6) is -0.0989. The predicted octanol–water partition coefficient (Wildman–Crippen LogP) is 3.21. The first-order valence-electron chi connectivity index (χ1n) is 6.58. The molecule has 0 saturated heterocycles. The molecule has 0 saturated carbocycles. The standard InChI is InChI=1S/C15H22O4/c1-4-11(2)13(18-3)9-10-19-14-8-6-5-7-12(14)15(16)17/h5-8,11,13H,4,9-10H2,1-3H3,(H,16,17). The van der Waals surface area contributed by atoms with Gasteiger partial charge in [-0.3, -0.25) is 0 Å². The molecule has 2 atom stereocenters. The Bertz CT molecular complexity index is 403. The van der Waals surface area contributed by atoms with Gasteiger partial charge >= 0.3 is 5.97 Å². The summed E-state index contributed by atoms with van der Waals surface area (Å²) in [6, 6.07) is 6.67. The number of aromatic carboxylic acids is 1. The molecule has 0 aliphatic rings. The fourth-order valence-corrected chi connectivity index (χ4v) is 1.95. The lowest BCUT2D eigenvalue weighted by Gasteiger charge is -2.21. The highest BCUT2D eigenvalue weighted by atomic mass is 16.5. The van der Waals surface area contributed by atoms with Gasteiger partial charge < -0.3 is 14.6 Å². The van der Waals surface area contributed by atoms with Crippen LogP contribution < -0.4 is 4.74 Å². The zero-order valence-corrected chi connectivity index (χ0v) is 11.8. The van der Waals surface area contributed by atoms with E-state index in [-0.39, 0.29) is 11.7 Å². The molecule has 1 aromatic carbocycles. The third kappa shape index (κ3) is 4.56. The van der Waals surface area contributed by atoms with Gasteiger partial charge in [0.05, 0.1) is 12.7 Å². The van der Waals surface area contributed by atoms with Gasteiger partial charge in [0.1, 0.15) is 11.3 Å². The van der Waals surface area contributed by atoms with E-state index in [1.165, 1.54) is 0 Å². The Morgan fingerprint density at radius 2 is 2.05 bits per heavy atom. The Hall–Kier alpha value is -1.55. The van der Waals surface area contributed by atoms with Crippen LogP contribution >= 0.6 is 0 Å². The smallest absolute Gasteiger partial charge is 0.339 e. The van der Waals surface area contributed by atoms with E-state index in [2.05, 4.69) is 13.8 Å². The van der Waals surface area contributed by atoms with E-state index >= 15 is 0 Å². The van der Waals surface area contributed by atoms with Gasteiger partial charge in [0.2, 0.25) is 0 Å². The predicted molar refractivity (Wildman–Crippen MR) is 73.8 cm³/mol. The summed E-state index contributed by atoms with van der Waals surface area (Å²) < 4.78 is 11.0. The molecule has 1 aromatic rings. The molecular weight excluding hydrogens is 244 g/mol. The van der Waals surface area contributed by atoms with Gasteiger partial charge in [0.25, 0.3) is 0 Å². The van der Waals surface area contributed by atoms with E-state index < -0.39 is 5.97 Å². The van der Waals surface area contributed by atoms with Crippen LogP contribution in [0.1, 0.15) is 37.0 Å². The number of para-hydroxylation sites is 1. The number of carbonyl (C=O) groups is 1. The SMILES string of the molecule is CCC(C)C(CCOc1ccccc1C(=O)O)OC. The van der Waals surface area contributed by atoms with Crippen molar-refractivity contribution in [1.29, 1.82) is 0 Å². The Balaban J connectivity index is 2.55. The van der Waals surface area contributed by atoms with Crippen molar-refractivity contribution in [1.82, 2.24) is 0 Å². The van der Waals surface area contributed by atoms with Crippen LogP contribution in [-0.4, -0.2) is 30.9 Å². The molecule has 4 heteroatoms. The molecule has 0 spiro atoms. The van der Waals surface area contributed by atoms with E-state index in [0.717, 1.165) is 12.8 Å². The summed E-state index contributed by atoms with van der Waals surface area (Å²) in [5.41, 5.74) is 0.194. The third-order valence-corrected chi connectivity index (χ3v) is 3.36. The lowest BCUT2D eigenvalue weighted by molar-refractivity contribution is 0.0394. The highest BCUT2D eigenvalue weighted by Crippen LogP contribution is 2.19. The number of carboxylic acid groups (broad SMARTS) is 1. The lowest BCUT2D eigenvalue weighted by atomic mass is 9.99. The number of hydrogen-bond donors (Lipinski definition) is 1. The topological polar surface area (TPSA) is 55.8 Å². The summed E-state index contributed by atoms with van der Waals surface area (Å²) in [7, 11) is 1.70. The van der Waals surface area contributed by atoms with E-state index in [9.17, 15) is 4.79 Å². The zero-order valence-electron chi connectivity index (χ0n) is 11.8. The highest BCUT2D eigenvalue weighted by molar-refractivity contribution is 5.90. The average molecular weight is 266 g/mol. The van der Waals surface area contributed by atoms with Crippen molar-refractivity contribution in [2.75, 3.05) is 13.7 Å². The van der Waals surface area contributed by atoms with Crippen molar-refractivity contribution < 1.29 is 19.4 Å². The largest absolute Gasteiger partial charge is 0.493 e. The maximum Gasteiger partial charge on any atom is 0.339 e. The summed E-state index contributed by atoms with van der Waals surface area (Å²) in [6.45, 7) is 4.71. The van der Waals surface area contributed by atoms with Crippen molar-refractivity contribution >= 4 is 5.97 Å². The molecule has 0 heterocycles. The second-order valence-electron chi connectivity index (χ2n) is 4.60. The second kappa shape index (κ2) is 7.79. The Labute approximate surface area is 114 Å². The molecule has 4 nitrogen and oxygen atoms in total. The number of methoxy groups -OCH3 is 1. The van der Waals surface area contributed by atoms with Crippen LogP contribution in [0, 0.1) is 5.92 Å². The monoisotopic (exact) mass is 266 g/mol.